The van der Waals surface area contributed by atoms with Gasteiger partial charge in [-0.2, -0.15) is 0 Å². The molecule has 0 radical (unpaired) electrons. The molecule has 0 saturated heterocycles. The van der Waals surface area contributed by atoms with Crippen molar-refractivity contribution in [1.29, 1.82) is 0 Å². The highest BCUT2D eigenvalue weighted by Gasteiger charge is 2.18. The second-order valence-corrected chi connectivity index (χ2v) is 5.73. The van der Waals surface area contributed by atoms with Gasteiger partial charge < -0.3 is 9.80 Å². The third kappa shape index (κ3) is 13.1. The van der Waals surface area contributed by atoms with Gasteiger partial charge in [-0.3, -0.25) is 4.79 Å². The summed E-state index contributed by atoms with van der Waals surface area (Å²) in [6.07, 6.45) is 5.31. The van der Waals surface area contributed by atoms with Crippen LogP contribution < -0.4 is 0 Å². The van der Waals surface area contributed by atoms with E-state index in [9.17, 15) is 4.79 Å². The monoisotopic (exact) mass is 268 g/mol. The van der Waals surface area contributed by atoms with E-state index in [-0.39, 0.29) is 11.3 Å². The number of amides is 1. The molecule has 0 aromatic carbocycles. The number of carbonyl (C=O) groups excluding carboxylic acids is 1. The van der Waals surface area contributed by atoms with E-state index in [0.717, 1.165) is 13.1 Å². The van der Waals surface area contributed by atoms with Gasteiger partial charge >= 0.3 is 0 Å². The van der Waals surface area contributed by atoms with Gasteiger partial charge in [0.25, 0.3) is 0 Å². The van der Waals surface area contributed by atoms with E-state index in [1.807, 2.05) is 43.8 Å². The van der Waals surface area contributed by atoms with Gasteiger partial charge in [0.15, 0.2) is 0 Å². The standard InChI is InChI=1S/C14H26N2O.C2H6/c1-7-10-16(12-14(2,3)4)13(17)9-8-11-15(5)6;1-2/h7-9H,1,10-12H2,2-6H3;1-2H3/b9-8+;. The van der Waals surface area contributed by atoms with Gasteiger partial charge in [0.1, 0.15) is 0 Å². The van der Waals surface area contributed by atoms with E-state index in [2.05, 4.69) is 27.4 Å². The molecule has 0 saturated carbocycles. The summed E-state index contributed by atoms with van der Waals surface area (Å²) in [6, 6.07) is 0. The van der Waals surface area contributed by atoms with Gasteiger partial charge in [-0.15, -0.1) is 6.58 Å². The Kier molecular flexibility index (Phi) is 11.5. The third-order valence-electron chi connectivity index (χ3n) is 2.06. The van der Waals surface area contributed by atoms with Crippen LogP contribution in [0.5, 0.6) is 0 Å². The Morgan fingerprint density at radius 3 is 2.05 bits per heavy atom. The fourth-order valence-corrected chi connectivity index (χ4v) is 1.43. The number of carbonyl (C=O) groups is 1. The molecule has 3 heteroatoms. The van der Waals surface area contributed by atoms with Gasteiger partial charge in [0.2, 0.25) is 5.91 Å². The average Bonchev–Trinajstić information content (AvgIpc) is 2.29. The third-order valence-corrected chi connectivity index (χ3v) is 2.06. The minimum Gasteiger partial charge on any atom is -0.335 e. The fraction of sp³-hybridized carbons (Fsp3) is 0.688. The smallest absolute Gasteiger partial charge is 0.246 e. The number of hydrogen-bond acceptors (Lipinski definition) is 2. The topological polar surface area (TPSA) is 23.6 Å². The minimum atomic E-state index is 0.0571. The van der Waals surface area contributed by atoms with Crippen LogP contribution in [-0.2, 0) is 4.79 Å². The van der Waals surface area contributed by atoms with Crippen LogP contribution in [0.3, 0.4) is 0 Å². The van der Waals surface area contributed by atoms with Crippen molar-refractivity contribution in [2.45, 2.75) is 34.6 Å². The molecule has 0 fully saturated rings. The lowest BCUT2D eigenvalue weighted by Gasteiger charge is -2.28. The highest BCUT2D eigenvalue weighted by atomic mass is 16.2. The SMILES string of the molecule is C=CCN(CC(C)(C)C)C(=O)/C=C/CN(C)C.CC. The van der Waals surface area contributed by atoms with E-state index in [1.54, 1.807) is 12.2 Å². The lowest BCUT2D eigenvalue weighted by molar-refractivity contribution is -0.126. The first-order valence-corrected chi connectivity index (χ1v) is 6.97. The normalized spacial score (nSPS) is 11.2. The zero-order valence-electron chi connectivity index (χ0n) is 13.9. The summed E-state index contributed by atoms with van der Waals surface area (Å²) in [4.78, 5) is 15.8. The van der Waals surface area contributed by atoms with Crippen molar-refractivity contribution in [3.05, 3.63) is 24.8 Å². The van der Waals surface area contributed by atoms with Crippen LogP contribution in [0.1, 0.15) is 34.6 Å². The summed E-state index contributed by atoms with van der Waals surface area (Å²) in [6.45, 7) is 16.2. The maximum atomic E-state index is 12.0. The van der Waals surface area contributed by atoms with Crippen molar-refractivity contribution in [3.63, 3.8) is 0 Å². The number of hydrogen-bond donors (Lipinski definition) is 0. The van der Waals surface area contributed by atoms with Crippen LogP contribution in [0.15, 0.2) is 24.8 Å². The Labute approximate surface area is 120 Å². The van der Waals surface area contributed by atoms with E-state index < -0.39 is 0 Å². The Hall–Kier alpha value is -1.09. The van der Waals surface area contributed by atoms with E-state index in [1.165, 1.54) is 0 Å². The van der Waals surface area contributed by atoms with Gasteiger partial charge in [0, 0.05) is 25.7 Å². The average molecular weight is 268 g/mol. The van der Waals surface area contributed by atoms with Crippen LogP contribution in [-0.4, -0.2) is 49.4 Å². The Bertz CT molecular complexity index is 275. The molecule has 0 aliphatic heterocycles. The summed E-state index contributed by atoms with van der Waals surface area (Å²) in [5, 5.41) is 0. The van der Waals surface area contributed by atoms with Crippen molar-refractivity contribution in [2.75, 3.05) is 33.7 Å². The lowest BCUT2D eigenvalue weighted by Crippen LogP contribution is -2.37. The molecule has 1 amide bonds. The Morgan fingerprint density at radius 2 is 1.68 bits per heavy atom. The molecule has 0 aliphatic carbocycles. The van der Waals surface area contributed by atoms with Crippen LogP contribution in [0.2, 0.25) is 0 Å². The van der Waals surface area contributed by atoms with E-state index in [0.29, 0.717) is 6.54 Å². The molecule has 0 rings (SSSR count). The highest BCUT2D eigenvalue weighted by molar-refractivity contribution is 5.87. The number of likely N-dealkylation sites (N-methyl/N-ethyl adjacent to an activating group) is 1. The van der Waals surface area contributed by atoms with Crippen molar-refractivity contribution < 1.29 is 4.79 Å². The molecule has 0 aromatic heterocycles. The molecule has 112 valence electrons. The van der Waals surface area contributed by atoms with Crippen LogP contribution >= 0.6 is 0 Å². The minimum absolute atomic E-state index is 0.0571. The molecule has 0 atom stereocenters. The lowest BCUT2D eigenvalue weighted by atomic mass is 9.96. The first kappa shape index (κ1) is 20.2. The van der Waals surface area contributed by atoms with Crippen LogP contribution in [0.25, 0.3) is 0 Å². The number of nitrogens with zero attached hydrogens (tertiary/aromatic N) is 2. The van der Waals surface area contributed by atoms with Crippen LogP contribution in [0.4, 0.5) is 0 Å². The second kappa shape index (κ2) is 10.8. The molecule has 0 spiro atoms. The molecular formula is C16H32N2O. The van der Waals surface area contributed by atoms with Crippen molar-refractivity contribution in [3.8, 4) is 0 Å². The molecule has 3 nitrogen and oxygen atoms in total. The maximum absolute atomic E-state index is 12.0. The zero-order chi connectivity index (χ0) is 15.5. The van der Waals surface area contributed by atoms with Crippen LogP contribution in [0, 0.1) is 5.41 Å². The summed E-state index contributed by atoms with van der Waals surface area (Å²) >= 11 is 0. The largest absolute Gasteiger partial charge is 0.335 e. The summed E-state index contributed by atoms with van der Waals surface area (Å²) in [7, 11) is 3.96. The van der Waals surface area contributed by atoms with Gasteiger partial charge in [-0.05, 0) is 19.5 Å². The predicted molar refractivity (Wildman–Crippen MR) is 85.3 cm³/mol. The van der Waals surface area contributed by atoms with Gasteiger partial charge in [-0.25, -0.2) is 0 Å². The molecule has 0 heterocycles. The van der Waals surface area contributed by atoms with E-state index >= 15 is 0 Å². The second-order valence-electron chi connectivity index (χ2n) is 5.73. The highest BCUT2D eigenvalue weighted by Crippen LogP contribution is 2.15. The molecule has 0 N–H and O–H groups in total. The van der Waals surface area contributed by atoms with Gasteiger partial charge in [0.05, 0.1) is 0 Å². The Morgan fingerprint density at radius 1 is 1.16 bits per heavy atom. The molecule has 0 aliphatic rings. The quantitative estimate of drug-likeness (QED) is 0.545. The van der Waals surface area contributed by atoms with Crippen molar-refractivity contribution >= 4 is 5.91 Å². The fourth-order valence-electron chi connectivity index (χ4n) is 1.43. The molecular weight excluding hydrogens is 236 g/mol. The van der Waals surface area contributed by atoms with Crippen molar-refractivity contribution in [1.82, 2.24) is 9.80 Å². The molecule has 0 unspecified atom stereocenters. The molecule has 0 aromatic rings. The summed E-state index contributed by atoms with van der Waals surface area (Å²) in [5.74, 6) is 0.0571. The predicted octanol–water partition coefficient (Wildman–Crippen LogP) is 3.19. The molecule has 19 heavy (non-hydrogen) atoms. The van der Waals surface area contributed by atoms with Gasteiger partial charge in [-0.1, -0.05) is 46.8 Å². The summed E-state index contributed by atoms with van der Waals surface area (Å²) in [5.41, 5.74) is 0.105. The first-order chi connectivity index (χ1) is 8.76. The van der Waals surface area contributed by atoms with E-state index in [4.69, 9.17) is 0 Å². The first-order valence-electron chi connectivity index (χ1n) is 6.97. The molecule has 0 bridgehead atoms. The summed E-state index contributed by atoms with van der Waals surface area (Å²) < 4.78 is 0. The maximum Gasteiger partial charge on any atom is 0.246 e. The Balaban J connectivity index is 0. The number of rotatable bonds is 6. The van der Waals surface area contributed by atoms with Crippen molar-refractivity contribution in [2.24, 2.45) is 5.41 Å². The zero-order valence-corrected chi connectivity index (χ0v) is 13.9.